The van der Waals surface area contributed by atoms with Crippen LogP contribution in [-0.2, 0) is 10.0 Å². The zero-order valence-corrected chi connectivity index (χ0v) is 17.4. The summed E-state index contributed by atoms with van der Waals surface area (Å²) in [7, 11) is -2.24. The Balaban J connectivity index is 1.69. The summed E-state index contributed by atoms with van der Waals surface area (Å²) in [5.41, 5.74) is 1.32. The summed E-state index contributed by atoms with van der Waals surface area (Å²) in [4.78, 5) is 12.5. The Morgan fingerprint density at radius 1 is 0.900 bits per heavy atom. The lowest BCUT2D eigenvalue weighted by Crippen LogP contribution is -2.14. The molecule has 0 fully saturated rings. The highest BCUT2D eigenvalue weighted by Gasteiger charge is 2.15. The first kappa shape index (κ1) is 21.2. The molecule has 0 unspecified atom stereocenters. The van der Waals surface area contributed by atoms with E-state index in [4.69, 9.17) is 9.47 Å². The molecule has 0 aliphatic heterocycles. The van der Waals surface area contributed by atoms with Crippen LogP contribution in [-0.4, -0.2) is 28.0 Å². The van der Waals surface area contributed by atoms with Crippen LogP contribution in [0.5, 0.6) is 11.5 Å². The second-order valence-corrected chi connectivity index (χ2v) is 7.96. The number of ether oxygens (including phenoxy) is 2. The van der Waals surface area contributed by atoms with Crippen LogP contribution in [0, 0.1) is 0 Å². The fraction of sp³-hybridized carbons (Fsp3) is 0.136. The molecular weight excluding hydrogens is 404 g/mol. The number of nitrogens with one attached hydrogen (secondary N) is 2. The third-order valence-electron chi connectivity index (χ3n) is 4.17. The number of methoxy groups -OCH3 is 1. The lowest BCUT2D eigenvalue weighted by molar-refractivity contribution is 0.102. The maximum atomic E-state index is 12.6. The molecule has 30 heavy (non-hydrogen) atoms. The Labute approximate surface area is 175 Å². The number of hydrogen-bond acceptors (Lipinski definition) is 5. The van der Waals surface area contributed by atoms with Gasteiger partial charge in [0.1, 0.15) is 11.5 Å². The zero-order valence-electron chi connectivity index (χ0n) is 16.6. The Hall–Kier alpha value is -3.52. The van der Waals surface area contributed by atoms with E-state index in [0.29, 0.717) is 35.0 Å². The minimum Gasteiger partial charge on any atom is -0.497 e. The van der Waals surface area contributed by atoms with Crippen LogP contribution in [0.3, 0.4) is 0 Å². The van der Waals surface area contributed by atoms with Gasteiger partial charge in [0.25, 0.3) is 15.9 Å². The Morgan fingerprint density at radius 2 is 1.60 bits per heavy atom. The van der Waals surface area contributed by atoms with E-state index in [1.165, 1.54) is 24.3 Å². The average molecular weight is 426 g/mol. The van der Waals surface area contributed by atoms with Gasteiger partial charge >= 0.3 is 0 Å². The summed E-state index contributed by atoms with van der Waals surface area (Å²) in [6.07, 6.45) is 0. The molecular formula is C22H22N2O5S. The molecule has 7 nitrogen and oxygen atoms in total. The predicted octanol–water partition coefficient (Wildman–Crippen LogP) is 4.15. The van der Waals surface area contributed by atoms with Gasteiger partial charge in [-0.05, 0) is 67.6 Å². The topological polar surface area (TPSA) is 93.7 Å². The van der Waals surface area contributed by atoms with E-state index in [1.54, 1.807) is 55.6 Å². The molecule has 156 valence electrons. The molecule has 8 heteroatoms. The number of sulfonamides is 1. The van der Waals surface area contributed by atoms with Crippen molar-refractivity contribution in [2.75, 3.05) is 23.8 Å². The van der Waals surface area contributed by atoms with Crippen molar-refractivity contribution >= 4 is 27.3 Å². The van der Waals surface area contributed by atoms with E-state index in [0.717, 1.165) is 0 Å². The van der Waals surface area contributed by atoms with Crippen LogP contribution in [0.4, 0.5) is 11.4 Å². The van der Waals surface area contributed by atoms with Crippen molar-refractivity contribution in [3.63, 3.8) is 0 Å². The predicted molar refractivity (Wildman–Crippen MR) is 116 cm³/mol. The van der Waals surface area contributed by atoms with Gasteiger partial charge in [-0.2, -0.15) is 0 Å². The summed E-state index contributed by atoms with van der Waals surface area (Å²) in [5.74, 6) is 0.924. The summed E-state index contributed by atoms with van der Waals surface area (Å²) in [6.45, 7) is 2.40. The van der Waals surface area contributed by atoms with Crippen LogP contribution < -0.4 is 19.5 Å². The van der Waals surface area contributed by atoms with Gasteiger partial charge in [-0.25, -0.2) is 8.42 Å². The average Bonchev–Trinajstić information content (AvgIpc) is 2.75. The number of amides is 1. The minimum atomic E-state index is -3.79. The monoisotopic (exact) mass is 426 g/mol. The maximum Gasteiger partial charge on any atom is 0.261 e. The molecule has 0 aromatic heterocycles. The Morgan fingerprint density at radius 3 is 2.23 bits per heavy atom. The highest BCUT2D eigenvalue weighted by atomic mass is 32.2. The quantitative estimate of drug-likeness (QED) is 0.564. The van der Waals surface area contributed by atoms with Crippen molar-refractivity contribution < 1.29 is 22.7 Å². The van der Waals surface area contributed by atoms with Gasteiger partial charge in [0.05, 0.1) is 18.6 Å². The van der Waals surface area contributed by atoms with E-state index in [1.807, 2.05) is 6.92 Å². The molecule has 0 bridgehead atoms. The van der Waals surface area contributed by atoms with E-state index >= 15 is 0 Å². The largest absolute Gasteiger partial charge is 0.497 e. The third kappa shape index (κ3) is 5.30. The van der Waals surface area contributed by atoms with Gasteiger partial charge in [-0.1, -0.05) is 6.07 Å². The lowest BCUT2D eigenvalue weighted by atomic mass is 10.2. The highest BCUT2D eigenvalue weighted by molar-refractivity contribution is 7.92. The van der Waals surface area contributed by atoms with E-state index < -0.39 is 10.0 Å². The van der Waals surface area contributed by atoms with Gasteiger partial charge < -0.3 is 14.8 Å². The first-order valence-corrected chi connectivity index (χ1v) is 10.7. The fourth-order valence-corrected chi connectivity index (χ4v) is 3.75. The molecule has 3 rings (SSSR count). The fourth-order valence-electron chi connectivity index (χ4n) is 2.69. The molecule has 2 N–H and O–H groups in total. The second-order valence-electron chi connectivity index (χ2n) is 6.27. The first-order valence-electron chi connectivity index (χ1n) is 9.22. The summed E-state index contributed by atoms with van der Waals surface area (Å²) in [6, 6.07) is 19.3. The molecule has 0 aliphatic carbocycles. The van der Waals surface area contributed by atoms with Crippen LogP contribution in [0.2, 0.25) is 0 Å². The summed E-state index contributed by atoms with van der Waals surface area (Å²) < 4.78 is 38.2. The van der Waals surface area contributed by atoms with Crippen LogP contribution in [0.15, 0.2) is 77.7 Å². The Bertz CT molecular complexity index is 1110. The van der Waals surface area contributed by atoms with Crippen molar-refractivity contribution in [3.05, 3.63) is 78.4 Å². The highest BCUT2D eigenvalue weighted by Crippen LogP contribution is 2.21. The van der Waals surface area contributed by atoms with Crippen molar-refractivity contribution in [1.29, 1.82) is 0 Å². The smallest absolute Gasteiger partial charge is 0.261 e. The van der Waals surface area contributed by atoms with Gasteiger partial charge in [-0.3, -0.25) is 9.52 Å². The zero-order chi connectivity index (χ0) is 21.6. The number of carbonyl (C=O) groups excluding carboxylic acids is 1. The molecule has 0 saturated heterocycles. The molecule has 0 aliphatic rings. The SMILES string of the molecule is CCOc1ccc(NS(=O)(=O)c2ccc(C(=O)Nc3cccc(OC)c3)cc2)cc1. The van der Waals surface area contributed by atoms with E-state index in [2.05, 4.69) is 10.0 Å². The van der Waals surface area contributed by atoms with Crippen LogP contribution >= 0.6 is 0 Å². The normalized spacial score (nSPS) is 10.9. The van der Waals surface area contributed by atoms with Gasteiger partial charge in [0, 0.05) is 23.0 Å². The van der Waals surface area contributed by atoms with Crippen LogP contribution in [0.25, 0.3) is 0 Å². The molecule has 0 spiro atoms. The maximum absolute atomic E-state index is 12.6. The van der Waals surface area contributed by atoms with Crippen molar-refractivity contribution in [2.24, 2.45) is 0 Å². The molecule has 3 aromatic rings. The number of carbonyl (C=O) groups is 1. The second kappa shape index (κ2) is 9.32. The molecule has 0 radical (unpaired) electrons. The van der Waals surface area contributed by atoms with Crippen molar-refractivity contribution in [1.82, 2.24) is 0 Å². The molecule has 1 amide bonds. The van der Waals surface area contributed by atoms with Gasteiger partial charge in [0.15, 0.2) is 0 Å². The molecule has 3 aromatic carbocycles. The van der Waals surface area contributed by atoms with E-state index in [-0.39, 0.29) is 10.8 Å². The van der Waals surface area contributed by atoms with Gasteiger partial charge in [-0.15, -0.1) is 0 Å². The van der Waals surface area contributed by atoms with Crippen molar-refractivity contribution in [2.45, 2.75) is 11.8 Å². The molecule has 0 atom stereocenters. The standard InChI is InChI=1S/C22H22N2O5S/c1-3-29-19-11-9-17(10-12-19)24-30(26,27)21-13-7-16(8-14-21)22(25)23-18-5-4-6-20(15-18)28-2/h4-15,24H,3H2,1-2H3,(H,23,25). The van der Waals surface area contributed by atoms with Crippen molar-refractivity contribution in [3.8, 4) is 11.5 Å². The van der Waals surface area contributed by atoms with Crippen LogP contribution in [0.1, 0.15) is 17.3 Å². The lowest BCUT2D eigenvalue weighted by Gasteiger charge is -2.10. The minimum absolute atomic E-state index is 0.0503. The summed E-state index contributed by atoms with van der Waals surface area (Å²) in [5, 5.41) is 2.75. The number of benzene rings is 3. The van der Waals surface area contributed by atoms with E-state index in [9.17, 15) is 13.2 Å². The summed E-state index contributed by atoms with van der Waals surface area (Å²) >= 11 is 0. The number of anilines is 2. The molecule has 0 heterocycles. The third-order valence-corrected chi connectivity index (χ3v) is 5.57. The number of hydrogen-bond donors (Lipinski definition) is 2. The van der Waals surface area contributed by atoms with Gasteiger partial charge in [0.2, 0.25) is 0 Å². The first-order chi connectivity index (χ1) is 14.4. The number of rotatable bonds is 8. The Kier molecular flexibility index (Phi) is 6.58. The molecule has 0 saturated carbocycles.